The van der Waals surface area contributed by atoms with Crippen LogP contribution in [0, 0.1) is 22.9 Å². The Balaban J connectivity index is 1.86. The van der Waals surface area contributed by atoms with Gasteiger partial charge in [0.05, 0.1) is 34.7 Å². The molecular formula is C25H22FN5O4. The van der Waals surface area contributed by atoms with Crippen LogP contribution >= 0.6 is 0 Å². The molecule has 178 valence electrons. The van der Waals surface area contributed by atoms with E-state index in [4.69, 9.17) is 9.72 Å². The Labute approximate surface area is 199 Å². The average molecular weight is 475 g/mol. The fourth-order valence-corrected chi connectivity index (χ4v) is 4.43. The normalized spacial score (nSPS) is 15.5. The molecule has 1 atom stereocenters. The van der Waals surface area contributed by atoms with E-state index in [1.807, 2.05) is 6.92 Å². The molecule has 2 aromatic heterocycles. The number of methoxy groups -OCH3 is 1. The minimum absolute atomic E-state index is 0.0425. The van der Waals surface area contributed by atoms with Crippen LogP contribution in [0.3, 0.4) is 0 Å². The smallest absolute Gasteiger partial charge is 0.271 e. The van der Waals surface area contributed by atoms with Crippen molar-refractivity contribution in [3.8, 4) is 22.6 Å². The van der Waals surface area contributed by atoms with Gasteiger partial charge in [0.15, 0.2) is 11.6 Å². The molecule has 3 heterocycles. The molecule has 0 spiro atoms. The summed E-state index contributed by atoms with van der Waals surface area (Å²) in [7, 11) is 1.36. The van der Waals surface area contributed by atoms with Crippen molar-refractivity contribution < 1.29 is 14.1 Å². The molecule has 10 heteroatoms. The molecule has 1 N–H and O–H groups in total. The van der Waals surface area contributed by atoms with Gasteiger partial charge in [-0.25, -0.2) is 9.37 Å². The van der Waals surface area contributed by atoms with Crippen molar-refractivity contribution in [2.45, 2.75) is 25.8 Å². The molecular weight excluding hydrogens is 453 g/mol. The Morgan fingerprint density at radius 2 is 2.06 bits per heavy atom. The number of aromatic nitrogens is 3. The zero-order valence-corrected chi connectivity index (χ0v) is 19.1. The molecule has 0 radical (unpaired) electrons. The molecule has 1 fully saturated rings. The number of hydrogen-bond donors (Lipinski definition) is 1. The number of rotatable bonds is 5. The van der Waals surface area contributed by atoms with Crippen LogP contribution in [0.2, 0.25) is 0 Å². The number of non-ortho nitro benzene ring substituents is 1. The van der Waals surface area contributed by atoms with Gasteiger partial charge >= 0.3 is 0 Å². The SMILES string of the molecule is COc1ccc(-n2c(C3CCCN3)nc3c(-c4ccc(C)nc4)cc([N+](=O)[O-])cc3c2=O)cc1F. The van der Waals surface area contributed by atoms with Gasteiger partial charge in [-0.15, -0.1) is 0 Å². The summed E-state index contributed by atoms with van der Waals surface area (Å²) in [6.07, 6.45) is 3.24. The van der Waals surface area contributed by atoms with Crippen LogP contribution in [0.15, 0.2) is 53.5 Å². The molecule has 0 bridgehead atoms. The first-order valence-electron chi connectivity index (χ1n) is 11.1. The number of nitrogens with one attached hydrogen (secondary N) is 1. The van der Waals surface area contributed by atoms with Gasteiger partial charge in [0, 0.05) is 41.2 Å². The maximum absolute atomic E-state index is 14.6. The summed E-state index contributed by atoms with van der Waals surface area (Å²) < 4.78 is 20.9. The first-order chi connectivity index (χ1) is 16.9. The lowest BCUT2D eigenvalue weighted by Gasteiger charge is -2.19. The Morgan fingerprint density at radius 1 is 1.23 bits per heavy atom. The van der Waals surface area contributed by atoms with E-state index >= 15 is 0 Å². The lowest BCUT2D eigenvalue weighted by Crippen LogP contribution is -2.29. The third kappa shape index (κ3) is 4.01. The number of pyridine rings is 1. The number of ether oxygens (including phenoxy) is 1. The van der Waals surface area contributed by atoms with E-state index in [0.717, 1.165) is 25.1 Å². The van der Waals surface area contributed by atoms with E-state index in [2.05, 4.69) is 10.3 Å². The van der Waals surface area contributed by atoms with Crippen molar-refractivity contribution in [2.24, 2.45) is 0 Å². The van der Waals surface area contributed by atoms with Gasteiger partial charge in [0.2, 0.25) is 0 Å². The topological polar surface area (TPSA) is 112 Å². The molecule has 35 heavy (non-hydrogen) atoms. The molecule has 0 saturated carbocycles. The Morgan fingerprint density at radius 3 is 2.69 bits per heavy atom. The van der Waals surface area contributed by atoms with Crippen LogP contribution in [0.25, 0.3) is 27.7 Å². The van der Waals surface area contributed by atoms with Crippen molar-refractivity contribution in [3.63, 3.8) is 0 Å². The monoisotopic (exact) mass is 475 g/mol. The van der Waals surface area contributed by atoms with Gasteiger partial charge in [-0.2, -0.15) is 0 Å². The minimum atomic E-state index is -0.632. The average Bonchev–Trinajstić information content (AvgIpc) is 3.39. The van der Waals surface area contributed by atoms with Crippen molar-refractivity contribution in [3.05, 3.63) is 86.5 Å². The second kappa shape index (κ2) is 8.88. The van der Waals surface area contributed by atoms with Crippen LogP contribution in [-0.4, -0.2) is 33.1 Å². The summed E-state index contributed by atoms with van der Waals surface area (Å²) in [5, 5.41) is 15.1. The Bertz CT molecular complexity index is 1510. The van der Waals surface area contributed by atoms with Crippen LogP contribution < -0.4 is 15.6 Å². The van der Waals surface area contributed by atoms with Crippen molar-refractivity contribution in [1.29, 1.82) is 0 Å². The van der Waals surface area contributed by atoms with Crippen LogP contribution in [0.1, 0.15) is 30.4 Å². The molecule has 1 unspecified atom stereocenters. The van der Waals surface area contributed by atoms with Gasteiger partial charge in [0.1, 0.15) is 5.82 Å². The quantitative estimate of drug-likeness (QED) is 0.339. The fraction of sp³-hybridized carbons (Fsp3) is 0.240. The third-order valence-electron chi connectivity index (χ3n) is 6.18. The summed E-state index contributed by atoms with van der Waals surface area (Å²) in [4.78, 5) is 34.2. The molecule has 5 rings (SSSR count). The maximum atomic E-state index is 14.6. The molecule has 2 aromatic carbocycles. The number of nitro benzene ring substituents is 1. The summed E-state index contributed by atoms with van der Waals surface area (Å²) in [6.45, 7) is 2.59. The highest BCUT2D eigenvalue weighted by Gasteiger charge is 2.27. The third-order valence-corrected chi connectivity index (χ3v) is 6.18. The highest BCUT2D eigenvalue weighted by molar-refractivity contribution is 5.95. The molecule has 1 aliphatic rings. The molecule has 1 saturated heterocycles. The predicted octanol–water partition coefficient (Wildman–Crippen LogP) is 4.24. The summed E-state index contributed by atoms with van der Waals surface area (Å²) in [5.74, 6) is -0.173. The number of fused-ring (bicyclic) bond motifs is 1. The number of halogens is 1. The van der Waals surface area contributed by atoms with Gasteiger partial charge in [-0.1, -0.05) is 6.07 Å². The van der Waals surface area contributed by atoms with Crippen LogP contribution in [0.4, 0.5) is 10.1 Å². The second-order valence-electron chi connectivity index (χ2n) is 8.41. The Kier molecular flexibility index (Phi) is 5.73. The first-order valence-corrected chi connectivity index (χ1v) is 11.1. The van der Waals surface area contributed by atoms with E-state index in [9.17, 15) is 19.3 Å². The van der Waals surface area contributed by atoms with Gasteiger partial charge in [-0.3, -0.25) is 24.5 Å². The minimum Gasteiger partial charge on any atom is -0.494 e. The van der Waals surface area contributed by atoms with Gasteiger partial charge < -0.3 is 10.1 Å². The maximum Gasteiger partial charge on any atom is 0.271 e. The van der Waals surface area contributed by atoms with Crippen LogP contribution in [0.5, 0.6) is 5.75 Å². The van der Waals surface area contributed by atoms with E-state index in [1.54, 1.807) is 24.4 Å². The molecule has 0 aliphatic carbocycles. The molecule has 9 nitrogen and oxygen atoms in total. The number of hydrogen-bond acceptors (Lipinski definition) is 7. The largest absolute Gasteiger partial charge is 0.494 e. The zero-order chi connectivity index (χ0) is 24.7. The standard InChI is InChI=1S/C25H22FN5O4/c1-14-5-6-15(13-28-14)18-10-17(31(33)34)11-19-23(18)29-24(21-4-3-9-27-21)30(25(19)32)16-7-8-22(35-2)20(26)12-16/h5-8,10-13,21,27H,3-4,9H2,1-2H3. The second-order valence-corrected chi connectivity index (χ2v) is 8.41. The molecule has 0 amide bonds. The van der Waals surface area contributed by atoms with E-state index in [1.165, 1.54) is 35.9 Å². The lowest BCUT2D eigenvalue weighted by molar-refractivity contribution is -0.384. The zero-order valence-electron chi connectivity index (χ0n) is 19.1. The van der Waals surface area contributed by atoms with Gasteiger partial charge in [0.25, 0.3) is 11.2 Å². The summed E-state index contributed by atoms with van der Waals surface area (Å²) in [6, 6.07) is 10.2. The van der Waals surface area contributed by atoms with Crippen molar-refractivity contribution in [1.82, 2.24) is 19.9 Å². The first kappa shape index (κ1) is 22.6. The molecule has 1 aliphatic heterocycles. The van der Waals surface area contributed by atoms with Gasteiger partial charge in [-0.05, 0) is 44.5 Å². The summed E-state index contributed by atoms with van der Waals surface area (Å²) >= 11 is 0. The Hall–Kier alpha value is -4.18. The fourth-order valence-electron chi connectivity index (χ4n) is 4.43. The summed E-state index contributed by atoms with van der Waals surface area (Å²) in [5.41, 5.74) is 1.66. The number of benzene rings is 2. The number of nitro groups is 1. The number of nitrogens with zero attached hydrogens (tertiary/aromatic N) is 4. The molecule has 4 aromatic rings. The van der Waals surface area contributed by atoms with Crippen molar-refractivity contribution >= 4 is 16.6 Å². The van der Waals surface area contributed by atoms with Crippen molar-refractivity contribution in [2.75, 3.05) is 13.7 Å². The van der Waals surface area contributed by atoms with E-state index < -0.39 is 16.3 Å². The lowest BCUT2D eigenvalue weighted by atomic mass is 10.0. The predicted molar refractivity (Wildman–Crippen MR) is 128 cm³/mol. The highest BCUT2D eigenvalue weighted by atomic mass is 19.1. The number of aryl methyl sites for hydroxylation is 1. The van der Waals surface area contributed by atoms with E-state index in [0.29, 0.717) is 22.5 Å². The van der Waals surface area contributed by atoms with E-state index in [-0.39, 0.29) is 28.6 Å². The highest BCUT2D eigenvalue weighted by Crippen LogP contribution is 2.33. The van der Waals surface area contributed by atoms with Crippen LogP contribution in [-0.2, 0) is 0 Å².